The molecular formula is C22H14F3N3O2. The summed E-state index contributed by atoms with van der Waals surface area (Å²) in [6.45, 7) is 0.0437. The van der Waals surface area contributed by atoms with E-state index in [0.717, 1.165) is 18.2 Å². The van der Waals surface area contributed by atoms with E-state index in [0.29, 0.717) is 16.6 Å². The highest BCUT2D eigenvalue weighted by atomic mass is 19.1. The Bertz CT molecular complexity index is 1320. The summed E-state index contributed by atoms with van der Waals surface area (Å²) in [6.07, 6.45) is 1.50. The van der Waals surface area contributed by atoms with Crippen molar-refractivity contribution >= 4 is 22.6 Å². The SMILES string of the molecule is O=C(Nc1cc(F)ccc1F)c1cc2cccnc2n(Cc2ccc(F)cc2)c1=O. The maximum Gasteiger partial charge on any atom is 0.265 e. The maximum atomic E-state index is 13.9. The lowest BCUT2D eigenvalue weighted by atomic mass is 10.1. The van der Waals surface area contributed by atoms with Crippen LogP contribution in [0.2, 0.25) is 0 Å². The average molecular weight is 409 g/mol. The Kier molecular flexibility index (Phi) is 5.05. The van der Waals surface area contributed by atoms with E-state index in [2.05, 4.69) is 10.3 Å². The minimum absolute atomic E-state index is 0.0437. The largest absolute Gasteiger partial charge is 0.319 e. The molecule has 0 atom stereocenters. The number of hydrogen-bond acceptors (Lipinski definition) is 3. The van der Waals surface area contributed by atoms with Gasteiger partial charge in [-0.2, -0.15) is 0 Å². The third kappa shape index (κ3) is 3.80. The van der Waals surface area contributed by atoms with Crippen LogP contribution >= 0.6 is 0 Å². The Balaban J connectivity index is 1.79. The molecule has 0 aliphatic rings. The first-order valence-corrected chi connectivity index (χ1v) is 8.92. The molecule has 1 amide bonds. The monoisotopic (exact) mass is 409 g/mol. The highest BCUT2D eigenvalue weighted by molar-refractivity contribution is 6.05. The lowest BCUT2D eigenvalue weighted by Gasteiger charge is -2.13. The van der Waals surface area contributed by atoms with Crippen molar-refractivity contribution in [1.82, 2.24) is 9.55 Å². The van der Waals surface area contributed by atoms with Crippen LogP contribution in [-0.2, 0) is 6.54 Å². The first-order valence-electron chi connectivity index (χ1n) is 8.92. The van der Waals surface area contributed by atoms with E-state index in [1.165, 1.54) is 41.1 Å². The Morgan fingerprint density at radius 1 is 0.967 bits per heavy atom. The van der Waals surface area contributed by atoms with E-state index in [1.54, 1.807) is 12.1 Å². The van der Waals surface area contributed by atoms with E-state index < -0.39 is 28.9 Å². The number of anilines is 1. The summed E-state index contributed by atoms with van der Waals surface area (Å²) in [7, 11) is 0. The van der Waals surface area contributed by atoms with Crippen molar-refractivity contribution < 1.29 is 18.0 Å². The fourth-order valence-corrected chi connectivity index (χ4v) is 3.07. The van der Waals surface area contributed by atoms with Crippen molar-refractivity contribution in [3.05, 3.63) is 106 Å². The number of nitrogens with one attached hydrogen (secondary N) is 1. The predicted molar refractivity (Wildman–Crippen MR) is 106 cm³/mol. The molecule has 2 heterocycles. The van der Waals surface area contributed by atoms with E-state index in [9.17, 15) is 22.8 Å². The number of rotatable bonds is 4. The molecule has 150 valence electrons. The third-order valence-electron chi connectivity index (χ3n) is 4.52. The summed E-state index contributed by atoms with van der Waals surface area (Å²) >= 11 is 0. The second kappa shape index (κ2) is 7.82. The second-order valence-corrected chi connectivity index (χ2v) is 6.57. The van der Waals surface area contributed by atoms with Crippen LogP contribution in [0.3, 0.4) is 0 Å². The van der Waals surface area contributed by atoms with Crippen molar-refractivity contribution in [2.75, 3.05) is 5.32 Å². The zero-order valence-corrected chi connectivity index (χ0v) is 15.4. The highest BCUT2D eigenvalue weighted by Gasteiger charge is 2.18. The molecule has 1 N–H and O–H groups in total. The minimum Gasteiger partial charge on any atom is -0.319 e. The van der Waals surface area contributed by atoms with E-state index >= 15 is 0 Å². The molecule has 0 bridgehead atoms. The van der Waals surface area contributed by atoms with Gasteiger partial charge in [0.25, 0.3) is 11.5 Å². The van der Waals surface area contributed by atoms with Gasteiger partial charge in [0.1, 0.15) is 28.7 Å². The number of halogens is 3. The van der Waals surface area contributed by atoms with Gasteiger partial charge in [0.15, 0.2) is 0 Å². The van der Waals surface area contributed by atoms with Crippen LogP contribution in [0.15, 0.2) is 71.7 Å². The van der Waals surface area contributed by atoms with Crippen LogP contribution in [0, 0.1) is 17.5 Å². The van der Waals surface area contributed by atoms with Gasteiger partial charge < -0.3 is 5.32 Å². The molecule has 30 heavy (non-hydrogen) atoms. The van der Waals surface area contributed by atoms with E-state index in [-0.39, 0.29) is 17.8 Å². The summed E-state index contributed by atoms with van der Waals surface area (Å²) in [5, 5.41) is 2.74. The van der Waals surface area contributed by atoms with Gasteiger partial charge in [-0.3, -0.25) is 14.2 Å². The topological polar surface area (TPSA) is 64.0 Å². The van der Waals surface area contributed by atoms with Gasteiger partial charge in [-0.05, 0) is 48.0 Å². The second-order valence-electron chi connectivity index (χ2n) is 6.57. The Morgan fingerprint density at radius 2 is 1.70 bits per heavy atom. The summed E-state index contributed by atoms with van der Waals surface area (Å²) in [4.78, 5) is 30.0. The number of carbonyl (C=O) groups excluding carboxylic acids is 1. The van der Waals surface area contributed by atoms with Gasteiger partial charge in [-0.15, -0.1) is 0 Å². The van der Waals surface area contributed by atoms with Crippen molar-refractivity contribution in [2.45, 2.75) is 6.54 Å². The molecule has 2 aromatic carbocycles. The van der Waals surface area contributed by atoms with Crippen LogP contribution in [0.5, 0.6) is 0 Å². The lowest BCUT2D eigenvalue weighted by molar-refractivity contribution is 0.102. The van der Waals surface area contributed by atoms with Crippen LogP contribution in [0.25, 0.3) is 11.0 Å². The number of benzene rings is 2. The molecule has 0 spiro atoms. The van der Waals surface area contributed by atoms with Gasteiger partial charge in [-0.1, -0.05) is 12.1 Å². The normalized spacial score (nSPS) is 10.9. The molecule has 4 aromatic rings. The number of carbonyl (C=O) groups is 1. The van der Waals surface area contributed by atoms with Gasteiger partial charge >= 0.3 is 0 Å². The molecule has 0 saturated heterocycles. The van der Waals surface area contributed by atoms with Crippen molar-refractivity contribution in [3.8, 4) is 0 Å². The number of pyridine rings is 2. The summed E-state index contributed by atoms with van der Waals surface area (Å²) < 4.78 is 41.8. The van der Waals surface area contributed by atoms with Crippen molar-refractivity contribution in [3.63, 3.8) is 0 Å². The average Bonchev–Trinajstić information content (AvgIpc) is 2.74. The molecule has 0 aliphatic heterocycles. The number of hydrogen-bond donors (Lipinski definition) is 1. The summed E-state index contributed by atoms with van der Waals surface area (Å²) in [6, 6.07) is 12.8. The quantitative estimate of drug-likeness (QED) is 0.552. The van der Waals surface area contributed by atoms with Gasteiger partial charge in [0.05, 0.1) is 12.2 Å². The zero-order chi connectivity index (χ0) is 21.3. The first kappa shape index (κ1) is 19.4. The summed E-state index contributed by atoms with van der Waals surface area (Å²) in [5.41, 5.74) is -0.351. The number of amides is 1. The van der Waals surface area contributed by atoms with Gasteiger partial charge in [0, 0.05) is 17.6 Å². The molecule has 0 aliphatic carbocycles. The third-order valence-corrected chi connectivity index (χ3v) is 4.52. The van der Waals surface area contributed by atoms with Crippen molar-refractivity contribution in [2.24, 2.45) is 0 Å². The molecule has 0 saturated carbocycles. The Labute approximate surface area is 168 Å². The molecular weight excluding hydrogens is 395 g/mol. The first-order chi connectivity index (χ1) is 14.4. The molecule has 2 aromatic heterocycles. The van der Waals surface area contributed by atoms with Crippen molar-refractivity contribution in [1.29, 1.82) is 0 Å². The zero-order valence-electron chi connectivity index (χ0n) is 15.4. The lowest BCUT2D eigenvalue weighted by Crippen LogP contribution is -2.30. The maximum absolute atomic E-state index is 13.9. The molecule has 8 heteroatoms. The van der Waals surface area contributed by atoms with Crippen LogP contribution in [0.1, 0.15) is 15.9 Å². The fourth-order valence-electron chi connectivity index (χ4n) is 3.07. The molecule has 4 rings (SSSR count). The fraction of sp³-hybridized carbons (Fsp3) is 0.0455. The Morgan fingerprint density at radius 3 is 2.47 bits per heavy atom. The van der Waals surface area contributed by atoms with Gasteiger partial charge in [0.2, 0.25) is 0 Å². The molecule has 5 nitrogen and oxygen atoms in total. The molecule has 0 fully saturated rings. The minimum atomic E-state index is -0.886. The summed E-state index contributed by atoms with van der Waals surface area (Å²) in [5.74, 6) is -2.87. The van der Waals surface area contributed by atoms with Gasteiger partial charge in [-0.25, -0.2) is 18.2 Å². The number of fused-ring (bicyclic) bond motifs is 1. The smallest absolute Gasteiger partial charge is 0.265 e. The van der Waals surface area contributed by atoms with Crippen LogP contribution in [0.4, 0.5) is 18.9 Å². The molecule has 0 radical (unpaired) electrons. The van der Waals surface area contributed by atoms with Crippen LogP contribution < -0.4 is 10.9 Å². The molecule has 0 unspecified atom stereocenters. The number of nitrogens with zero attached hydrogens (tertiary/aromatic N) is 2. The van der Waals surface area contributed by atoms with E-state index in [4.69, 9.17) is 0 Å². The van der Waals surface area contributed by atoms with Crippen LogP contribution in [-0.4, -0.2) is 15.5 Å². The highest BCUT2D eigenvalue weighted by Crippen LogP contribution is 2.18. The Hall–Kier alpha value is -3.94. The predicted octanol–water partition coefficient (Wildman–Crippen LogP) is 4.11. The number of aromatic nitrogens is 2. The standard InChI is InChI=1S/C22H14F3N3O2/c23-15-5-3-13(4-6-15)12-28-20-14(2-1-9-26-20)10-17(22(28)30)21(29)27-19-11-16(24)7-8-18(19)25/h1-11H,12H2,(H,27,29). The van der Waals surface area contributed by atoms with E-state index in [1.807, 2.05) is 0 Å².